The first-order chi connectivity index (χ1) is 11.2. The molecule has 120 valence electrons. The van der Waals surface area contributed by atoms with Crippen LogP contribution in [0.3, 0.4) is 0 Å². The summed E-state index contributed by atoms with van der Waals surface area (Å²) in [7, 11) is 0. The van der Waals surface area contributed by atoms with E-state index in [1.807, 2.05) is 0 Å². The zero-order chi connectivity index (χ0) is 15.8. The third-order valence-electron chi connectivity index (χ3n) is 5.13. The molecule has 23 heavy (non-hydrogen) atoms. The van der Waals surface area contributed by atoms with Crippen LogP contribution >= 0.6 is 0 Å². The second-order valence-electron chi connectivity index (χ2n) is 6.81. The van der Waals surface area contributed by atoms with E-state index in [1.165, 1.54) is 30.4 Å². The highest BCUT2D eigenvalue weighted by Crippen LogP contribution is 2.40. The van der Waals surface area contributed by atoms with Crippen LogP contribution in [0.2, 0.25) is 0 Å². The average molecular weight is 310 g/mol. The van der Waals surface area contributed by atoms with Crippen LogP contribution in [0.5, 0.6) is 5.75 Å². The summed E-state index contributed by atoms with van der Waals surface area (Å²) in [5.74, 6) is 1.58. The van der Waals surface area contributed by atoms with Crippen LogP contribution in [0.25, 0.3) is 0 Å². The van der Waals surface area contributed by atoms with E-state index in [4.69, 9.17) is 10.5 Å². The van der Waals surface area contributed by atoms with Crippen LogP contribution in [0.15, 0.2) is 41.5 Å². The Morgan fingerprint density at radius 1 is 1.35 bits per heavy atom. The predicted molar refractivity (Wildman–Crippen MR) is 90.3 cm³/mol. The minimum absolute atomic E-state index is 0.0680. The Labute approximate surface area is 136 Å². The van der Waals surface area contributed by atoms with Gasteiger partial charge in [0.1, 0.15) is 5.75 Å². The number of allylic oxidation sites excluding steroid dienone is 2. The lowest BCUT2D eigenvalue weighted by atomic mass is 9.86. The number of carbonyl (C=O) groups excluding carboxylic acids is 1. The highest BCUT2D eigenvalue weighted by molar-refractivity contribution is 5.95. The number of nitrogen functional groups attached to an aromatic ring is 1. The molecule has 3 N–H and O–H groups in total. The summed E-state index contributed by atoms with van der Waals surface area (Å²) >= 11 is 0. The first-order valence-electron chi connectivity index (χ1n) is 8.41. The van der Waals surface area contributed by atoms with E-state index in [1.54, 1.807) is 18.2 Å². The van der Waals surface area contributed by atoms with E-state index < -0.39 is 0 Å². The topological polar surface area (TPSA) is 64.4 Å². The van der Waals surface area contributed by atoms with Crippen LogP contribution in [-0.2, 0) is 0 Å². The van der Waals surface area contributed by atoms with Crippen molar-refractivity contribution < 1.29 is 9.53 Å². The van der Waals surface area contributed by atoms with Crippen molar-refractivity contribution in [2.45, 2.75) is 25.7 Å². The van der Waals surface area contributed by atoms with E-state index >= 15 is 0 Å². The van der Waals surface area contributed by atoms with Crippen LogP contribution in [0.1, 0.15) is 36.0 Å². The zero-order valence-corrected chi connectivity index (χ0v) is 13.2. The molecule has 1 atom stereocenters. The van der Waals surface area contributed by atoms with Gasteiger partial charge >= 0.3 is 0 Å². The summed E-state index contributed by atoms with van der Waals surface area (Å²) < 4.78 is 5.81. The number of hydrogen-bond acceptors (Lipinski definition) is 3. The summed E-state index contributed by atoms with van der Waals surface area (Å²) in [5.41, 5.74) is 9.99. The Hall–Kier alpha value is -2.23. The predicted octanol–water partition coefficient (Wildman–Crippen LogP) is 3.06. The van der Waals surface area contributed by atoms with Gasteiger partial charge in [-0.05, 0) is 49.0 Å². The molecule has 1 aromatic rings. The monoisotopic (exact) mass is 310 g/mol. The quantitative estimate of drug-likeness (QED) is 0.794. The molecule has 4 aliphatic rings. The van der Waals surface area contributed by atoms with Crippen molar-refractivity contribution in [3.63, 3.8) is 0 Å². The molecule has 1 aromatic carbocycles. The van der Waals surface area contributed by atoms with Gasteiger partial charge in [0.05, 0.1) is 12.3 Å². The highest BCUT2D eigenvalue weighted by atomic mass is 16.5. The molecule has 4 nitrogen and oxygen atoms in total. The first kappa shape index (κ1) is 14.4. The maximum atomic E-state index is 12.3. The van der Waals surface area contributed by atoms with Crippen LogP contribution < -0.4 is 15.8 Å². The molecule has 0 aromatic heterocycles. The van der Waals surface area contributed by atoms with Gasteiger partial charge < -0.3 is 15.8 Å². The van der Waals surface area contributed by atoms with Crippen molar-refractivity contribution in [2.75, 3.05) is 18.9 Å². The fourth-order valence-electron chi connectivity index (χ4n) is 3.32. The molecule has 1 unspecified atom stereocenters. The Bertz CT molecular complexity index is 701. The molecule has 1 fully saturated rings. The standard InChI is InChI=1S/C19H22N2O2/c20-17-5-4-14(9-18(17)23-11-12-2-1-3-12)19(22)21-10-16-8-13-6-15(16)7-13/h4-6,8-9,12,16H,1-3,7,10-11,20H2,(H,21,22). The number of ether oxygens (including phenoxy) is 1. The largest absolute Gasteiger partial charge is 0.491 e. The number of rotatable bonds is 6. The van der Waals surface area contributed by atoms with Crippen molar-refractivity contribution >= 4 is 11.6 Å². The van der Waals surface area contributed by atoms with Gasteiger partial charge in [-0.25, -0.2) is 0 Å². The van der Waals surface area contributed by atoms with Crippen molar-refractivity contribution in [3.05, 3.63) is 47.1 Å². The Morgan fingerprint density at radius 2 is 2.17 bits per heavy atom. The number of benzene rings is 1. The lowest BCUT2D eigenvalue weighted by Crippen LogP contribution is -2.28. The molecule has 0 radical (unpaired) electrons. The van der Waals surface area contributed by atoms with Gasteiger partial charge in [0, 0.05) is 18.0 Å². The van der Waals surface area contributed by atoms with Crippen molar-refractivity contribution in [1.82, 2.24) is 5.32 Å². The van der Waals surface area contributed by atoms with Crippen LogP contribution in [0.4, 0.5) is 5.69 Å². The molecule has 0 heterocycles. The van der Waals surface area contributed by atoms with Gasteiger partial charge in [-0.2, -0.15) is 0 Å². The third-order valence-corrected chi connectivity index (χ3v) is 5.13. The lowest BCUT2D eigenvalue weighted by Gasteiger charge is -2.25. The number of anilines is 1. The molecule has 4 aliphatic carbocycles. The smallest absolute Gasteiger partial charge is 0.251 e. The van der Waals surface area contributed by atoms with Gasteiger partial charge in [0.15, 0.2) is 0 Å². The molecule has 5 rings (SSSR count). The summed E-state index contributed by atoms with van der Waals surface area (Å²) in [6.45, 7) is 1.36. The second kappa shape index (κ2) is 5.76. The SMILES string of the molecule is Nc1ccc(C(=O)NCC2C=C3C=C2C3)cc1OCC1CCC1. The molecule has 1 saturated carbocycles. The van der Waals surface area contributed by atoms with Gasteiger partial charge in [0.25, 0.3) is 5.91 Å². The van der Waals surface area contributed by atoms with E-state index in [0.29, 0.717) is 42.0 Å². The van der Waals surface area contributed by atoms with E-state index in [2.05, 4.69) is 17.5 Å². The lowest BCUT2D eigenvalue weighted by molar-refractivity contribution is 0.0950. The molecule has 4 heteroatoms. The second-order valence-corrected chi connectivity index (χ2v) is 6.81. The van der Waals surface area contributed by atoms with Gasteiger partial charge in [-0.1, -0.05) is 24.1 Å². The van der Waals surface area contributed by atoms with Crippen LogP contribution in [-0.4, -0.2) is 19.1 Å². The third kappa shape index (κ3) is 2.85. The Balaban J connectivity index is 1.36. The summed E-state index contributed by atoms with van der Waals surface area (Å²) in [4.78, 5) is 12.3. The van der Waals surface area contributed by atoms with Gasteiger partial charge in [0.2, 0.25) is 0 Å². The highest BCUT2D eigenvalue weighted by Gasteiger charge is 2.28. The van der Waals surface area contributed by atoms with Crippen molar-refractivity contribution in [3.8, 4) is 5.75 Å². The summed E-state index contributed by atoms with van der Waals surface area (Å²) in [5, 5.41) is 3.01. The summed E-state index contributed by atoms with van der Waals surface area (Å²) in [6.07, 6.45) is 9.30. The van der Waals surface area contributed by atoms with E-state index in [9.17, 15) is 4.79 Å². The van der Waals surface area contributed by atoms with E-state index in [-0.39, 0.29) is 5.91 Å². The van der Waals surface area contributed by atoms with Gasteiger partial charge in [-0.15, -0.1) is 0 Å². The number of nitrogens with one attached hydrogen (secondary N) is 1. The maximum absolute atomic E-state index is 12.3. The number of amides is 1. The minimum atomic E-state index is -0.0680. The van der Waals surface area contributed by atoms with E-state index in [0.717, 1.165) is 6.42 Å². The normalized spacial score (nSPS) is 21.8. The number of nitrogens with two attached hydrogens (primary N) is 1. The average Bonchev–Trinajstić information content (AvgIpc) is 3.04. The molecular weight excluding hydrogens is 288 g/mol. The molecule has 0 spiro atoms. The fraction of sp³-hybridized carbons (Fsp3) is 0.421. The molecule has 0 saturated heterocycles. The number of hydrogen-bond donors (Lipinski definition) is 2. The number of fused-ring (bicyclic) bond motifs is 1. The summed E-state index contributed by atoms with van der Waals surface area (Å²) in [6, 6.07) is 5.27. The first-order valence-corrected chi connectivity index (χ1v) is 8.41. The molecule has 0 aliphatic heterocycles. The van der Waals surface area contributed by atoms with Crippen molar-refractivity contribution in [2.24, 2.45) is 11.8 Å². The molecular formula is C19H22N2O2. The van der Waals surface area contributed by atoms with Crippen molar-refractivity contribution in [1.29, 1.82) is 0 Å². The zero-order valence-electron chi connectivity index (χ0n) is 13.2. The molecule has 2 bridgehead atoms. The van der Waals surface area contributed by atoms with Gasteiger partial charge in [-0.3, -0.25) is 4.79 Å². The Morgan fingerprint density at radius 3 is 2.83 bits per heavy atom. The fourth-order valence-corrected chi connectivity index (χ4v) is 3.32. The Kier molecular flexibility index (Phi) is 3.60. The maximum Gasteiger partial charge on any atom is 0.251 e. The number of carbonyl (C=O) groups is 1. The molecule has 1 amide bonds. The minimum Gasteiger partial charge on any atom is -0.491 e. The van der Waals surface area contributed by atoms with Crippen LogP contribution in [0, 0.1) is 11.8 Å².